The molecule has 0 radical (unpaired) electrons. The van der Waals surface area contributed by atoms with E-state index in [1.807, 2.05) is 42.5 Å². The molecule has 0 fully saturated rings. The minimum Gasteiger partial charge on any atom is -0.457 e. The van der Waals surface area contributed by atoms with Crippen LogP contribution in [0.25, 0.3) is 0 Å². The van der Waals surface area contributed by atoms with Crippen LogP contribution in [0.2, 0.25) is 0 Å². The zero-order valence-corrected chi connectivity index (χ0v) is 14.1. The lowest BCUT2D eigenvalue weighted by Gasteiger charge is -2.13. The van der Waals surface area contributed by atoms with Gasteiger partial charge in [0.1, 0.15) is 11.5 Å². The summed E-state index contributed by atoms with van der Waals surface area (Å²) in [7, 11) is 0. The molecule has 3 heteroatoms. The predicted molar refractivity (Wildman–Crippen MR) is 97.3 cm³/mol. The molecule has 0 aliphatic heterocycles. The highest BCUT2D eigenvalue weighted by Gasteiger charge is 2.05. The molecule has 0 bridgehead atoms. The molecule has 0 aromatic heterocycles. The molecule has 3 aromatic rings. The van der Waals surface area contributed by atoms with Gasteiger partial charge in [-0.15, -0.1) is 0 Å². The standard InChI is InChI=1S/C22H19NO2/c1-17(20-5-3-2-4-6-20)24-16-19-9-13-22(14-10-19)25-21-11-7-18(15-23)8-12-21/h2-14,17H,16H2,1H3/t17-/m0/s1. The van der Waals surface area contributed by atoms with Crippen molar-refractivity contribution in [2.24, 2.45) is 0 Å². The van der Waals surface area contributed by atoms with Gasteiger partial charge in [0.05, 0.1) is 24.3 Å². The molecule has 0 saturated heterocycles. The summed E-state index contributed by atoms with van der Waals surface area (Å²) in [6.45, 7) is 2.60. The lowest BCUT2D eigenvalue weighted by molar-refractivity contribution is 0.0525. The van der Waals surface area contributed by atoms with Gasteiger partial charge in [0, 0.05) is 0 Å². The van der Waals surface area contributed by atoms with Crippen molar-refractivity contribution in [3.63, 3.8) is 0 Å². The SMILES string of the molecule is C[C@H](OCc1ccc(Oc2ccc(C#N)cc2)cc1)c1ccccc1. The maximum absolute atomic E-state index is 8.81. The highest BCUT2D eigenvalue weighted by atomic mass is 16.5. The van der Waals surface area contributed by atoms with Crippen molar-refractivity contribution >= 4 is 0 Å². The van der Waals surface area contributed by atoms with E-state index in [1.54, 1.807) is 24.3 Å². The van der Waals surface area contributed by atoms with Crippen LogP contribution in [0.15, 0.2) is 78.9 Å². The number of benzene rings is 3. The molecule has 1 atom stereocenters. The molecule has 0 saturated carbocycles. The fourth-order valence-corrected chi connectivity index (χ4v) is 2.43. The van der Waals surface area contributed by atoms with Gasteiger partial charge in [0.2, 0.25) is 0 Å². The van der Waals surface area contributed by atoms with Crippen molar-refractivity contribution < 1.29 is 9.47 Å². The number of nitriles is 1. The summed E-state index contributed by atoms with van der Waals surface area (Å²) >= 11 is 0. The van der Waals surface area contributed by atoms with Crippen molar-refractivity contribution in [1.82, 2.24) is 0 Å². The number of hydrogen-bond donors (Lipinski definition) is 0. The Bertz CT molecular complexity index is 834. The molecule has 0 amide bonds. The van der Waals surface area contributed by atoms with Crippen LogP contribution in [0.1, 0.15) is 29.7 Å². The van der Waals surface area contributed by atoms with E-state index in [-0.39, 0.29) is 6.10 Å². The Morgan fingerprint density at radius 2 is 1.44 bits per heavy atom. The third kappa shape index (κ3) is 4.69. The van der Waals surface area contributed by atoms with Crippen molar-refractivity contribution in [1.29, 1.82) is 5.26 Å². The van der Waals surface area contributed by atoms with E-state index in [0.717, 1.165) is 11.3 Å². The van der Waals surface area contributed by atoms with Crippen molar-refractivity contribution in [3.8, 4) is 17.6 Å². The first kappa shape index (κ1) is 16.8. The van der Waals surface area contributed by atoms with Gasteiger partial charge in [-0.25, -0.2) is 0 Å². The lowest BCUT2D eigenvalue weighted by Crippen LogP contribution is -2.00. The van der Waals surface area contributed by atoms with E-state index in [1.165, 1.54) is 5.56 Å². The maximum Gasteiger partial charge on any atom is 0.127 e. The summed E-state index contributed by atoms with van der Waals surface area (Å²) in [6, 6.07) is 27.2. The molecule has 0 spiro atoms. The van der Waals surface area contributed by atoms with E-state index >= 15 is 0 Å². The van der Waals surface area contributed by atoms with Crippen LogP contribution in [0.4, 0.5) is 0 Å². The quantitative estimate of drug-likeness (QED) is 0.588. The monoisotopic (exact) mass is 329 g/mol. The highest BCUT2D eigenvalue weighted by Crippen LogP contribution is 2.23. The van der Waals surface area contributed by atoms with Gasteiger partial charge < -0.3 is 9.47 Å². The summed E-state index contributed by atoms with van der Waals surface area (Å²) in [5.74, 6) is 1.46. The summed E-state index contributed by atoms with van der Waals surface area (Å²) in [5, 5.41) is 8.81. The average molecular weight is 329 g/mol. The Balaban J connectivity index is 1.55. The van der Waals surface area contributed by atoms with Crippen LogP contribution in [0.3, 0.4) is 0 Å². The van der Waals surface area contributed by atoms with Gasteiger partial charge in [-0.1, -0.05) is 42.5 Å². The molecule has 0 unspecified atom stereocenters. The molecule has 0 heterocycles. The molecule has 0 N–H and O–H groups in total. The molecule has 3 nitrogen and oxygen atoms in total. The van der Waals surface area contributed by atoms with Crippen molar-refractivity contribution in [2.45, 2.75) is 19.6 Å². The van der Waals surface area contributed by atoms with Gasteiger partial charge >= 0.3 is 0 Å². The number of ether oxygens (including phenoxy) is 2. The number of hydrogen-bond acceptors (Lipinski definition) is 3. The van der Waals surface area contributed by atoms with Crippen LogP contribution in [0.5, 0.6) is 11.5 Å². The van der Waals surface area contributed by atoms with Gasteiger partial charge in [0.15, 0.2) is 0 Å². The van der Waals surface area contributed by atoms with Crippen LogP contribution < -0.4 is 4.74 Å². The highest BCUT2D eigenvalue weighted by molar-refractivity contribution is 5.37. The Hall–Kier alpha value is -3.09. The lowest BCUT2D eigenvalue weighted by atomic mass is 10.1. The Labute approximate surface area is 148 Å². The Morgan fingerprint density at radius 3 is 2.04 bits per heavy atom. The second-order valence-corrected chi connectivity index (χ2v) is 5.75. The first-order valence-corrected chi connectivity index (χ1v) is 8.18. The van der Waals surface area contributed by atoms with E-state index < -0.39 is 0 Å². The normalized spacial score (nSPS) is 11.5. The zero-order chi connectivity index (χ0) is 17.5. The van der Waals surface area contributed by atoms with E-state index in [2.05, 4.69) is 25.1 Å². The molecular formula is C22H19NO2. The molecule has 25 heavy (non-hydrogen) atoms. The first-order chi connectivity index (χ1) is 12.2. The number of rotatable bonds is 6. The van der Waals surface area contributed by atoms with Crippen molar-refractivity contribution in [2.75, 3.05) is 0 Å². The van der Waals surface area contributed by atoms with Crippen LogP contribution in [-0.4, -0.2) is 0 Å². The second kappa shape index (κ2) is 8.14. The average Bonchev–Trinajstić information content (AvgIpc) is 2.68. The Kier molecular flexibility index (Phi) is 5.46. The van der Waals surface area contributed by atoms with Crippen molar-refractivity contribution in [3.05, 3.63) is 95.6 Å². The first-order valence-electron chi connectivity index (χ1n) is 8.18. The molecular weight excluding hydrogens is 310 g/mol. The summed E-state index contributed by atoms with van der Waals surface area (Å²) in [6.07, 6.45) is 0.0516. The van der Waals surface area contributed by atoms with Gasteiger partial charge in [-0.3, -0.25) is 0 Å². The van der Waals surface area contributed by atoms with Gasteiger partial charge in [-0.05, 0) is 54.4 Å². The molecule has 3 aromatic carbocycles. The predicted octanol–water partition coefficient (Wildman–Crippen LogP) is 5.63. The van der Waals surface area contributed by atoms with E-state index in [9.17, 15) is 0 Å². The fraction of sp³-hybridized carbons (Fsp3) is 0.136. The third-order valence-corrected chi connectivity index (χ3v) is 3.91. The Morgan fingerprint density at radius 1 is 0.840 bits per heavy atom. The maximum atomic E-state index is 8.81. The van der Waals surface area contributed by atoms with Crippen LogP contribution in [0, 0.1) is 11.3 Å². The number of nitrogens with zero attached hydrogens (tertiary/aromatic N) is 1. The van der Waals surface area contributed by atoms with Crippen LogP contribution >= 0.6 is 0 Å². The summed E-state index contributed by atoms with van der Waals surface area (Å²) in [5.41, 5.74) is 2.88. The minimum absolute atomic E-state index is 0.0516. The van der Waals surface area contributed by atoms with E-state index in [4.69, 9.17) is 14.7 Å². The molecule has 0 aliphatic rings. The second-order valence-electron chi connectivity index (χ2n) is 5.75. The smallest absolute Gasteiger partial charge is 0.127 e. The van der Waals surface area contributed by atoms with Gasteiger partial charge in [0.25, 0.3) is 0 Å². The minimum atomic E-state index is 0.0516. The molecule has 0 aliphatic carbocycles. The topological polar surface area (TPSA) is 42.2 Å². The van der Waals surface area contributed by atoms with Crippen LogP contribution in [-0.2, 0) is 11.3 Å². The van der Waals surface area contributed by atoms with Gasteiger partial charge in [-0.2, -0.15) is 5.26 Å². The molecule has 3 rings (SSSR count). The zero-order valence-electron chi connectivity index (χ0n) is 14.1. The summed E-state index contributed by atoms with van der Waals surface area (Å²) in [4.78, 5) is 0. The fourth-order valence-electron chi connectivity index (χ4n) is 2.43. The molecule has 124 valence electrons. The largest absolute Gasteiger partial charge is 0.457 e. The third-order valence-electron chi connectivity index (χ3n) is 3.91. The summed E-state index contributed by atoms with van der Waals surface area (Å²) < 4.78 is 11.7. The van der Waals surface area contributed by atoms with E-state index in [0.29, 0.717) is 17.9 Å².